The van der Waals surface area contributed by atoms with Crippen molar-refractivity contribution in [2.75, 3.05) is 5.75 Å². The maximum absolute atomic E-state index is 10.6. The summed E-state index contributed by atoms with van der Waals surface area (Å²) in [6.07, 6.45) is 1.90. The second kappa shape index (κ2) is 2.82. The van der Waals surface area contributed by atoms with E-state index in [4.69, 9.17) is 0 Å². The smallest absolute Gasteiger partial charge is 0.210 e. The molecule has 0 radical (unpaired) electrons. The molecule has 0 bridgehead atoms. The number of hydrogen-bond acceptors (Lipinski definition) is 4. The van der Waals surface area contributed by atoms with Crippen LogP contribution in [0, 0.1) is 5.92 Å². The molecule has 2 atom stereocenters. The number of nitrogens with one attached hydrogen (secondary N) is 2. The Morgan fingerprint density at radius 1 is 1.83 bits per heavy atom. The Balaban J connectivity index is 2.19. The minimum absolute atomic E-state index is 0.0324. The van der Waals surface area contributed by atoms with Crippen molar-refractivity contribution in [2.24, 2.45) is 5.92 Å². The molecule has 0 amide bonds. The number of carbonyl (C=O) groups is 1. The third-order valence-electron chi connectivity index (χ3n) is 2.05. The number of hydrazone groups is 1. The van der Waals surface area contributed by atoms with Crippen LogP contribution in [0.2, 0.25) is 0 Å². The molecule has 2 heterocycles. The van der Waals surface area contributed by atoms with Crippen LogP contribution < -0.4 is 15.6 Å². The summed E-state index contributed by atoms with van der Waals surface area (Å²) in [4.78, 5) is 10.6. The lowest BCUT2D eigenvalue weighted by Crippen LogP contribution is -2.81. The maximum atomic E-state index is 10.6. The number of aliphatic carboxylic acids is 1. The molecule has 12 heavy (non-hydrogen) atoms. The molecule has 0 saturated heterocycles. The first-order valence-electron chi connectivity index (χ1n) is 3.66. The van der Waals surface area contributed by atoms with Crippen molar-refractivity contribution in [3.8, 4) is 0 Å². The number of carboxylic acids is 1. The summed E-state index contributed by atoms with van der Waals surface area (Å²) >= 11 is 1.62. The number of rotatable bonds is 1. The highest BCUT2D eigenvalue weighted by molar-refractivity contribution is 8.02. The number of carboxylic acid groups (broad SMARTS) is 1. The van der Waals surface area contributed by atoms with Gasteiger partial charge in [-0.2, -0.15) is 5.43 Å². The van der Waals surface area contributed by atoms with E-state index in [1.165, 1.54) is 0 Å². The molecule has 0 fully saturated rings. The third kappa shape index (κ3) is 1.10. The highest BCUT2D eigenvalue weighted by atomic mass is 32.2. The molecule has 2 N–H and O–H groups in total. The largest absolute Gasteiger partial charge is 0.548 e. The van der Waals surface area contributed by atoms with Gasteiger partial charge in [-0.05, 0) is 5.41 Å². The number of hydrazine groups is 1. The predicted octanol–water partition coefficient (Wildman–Crippen LogP) is -2.98. The maximum Gasteiger partial charge on any atom is 0.210 e. The number of fused-ring (bicyclic) bond motifs is 1. The van der Waals surface area contributed by atoms with Crippen LogP contribution in [-0.2, 0) is 4.79 Å². The normalized spacial score (nSPS) is 32.2. The van der Waals surface area contributed by atoms with Gasteiger partial charge in [0.05, 0.1) is 11.9 Å². The van der Waals surface area contributed by atoms with Crippen molar-refractivity contribution < 1.29 is 15.0 Å². The molecular weight excluding hydrogens is 176 g/mol. The Kier molecular flexibility index (Phi) is 1.80. The van der Waals surface area contributed by atoms with E-state index in [9.17, 15) is 9.90 Å². The van der Waals surface area contributed by atoms with Gasteiger partial charge in [0.1, 0.15) is 6.04 Å². The van der Waals surface area contributed by atoms with Crippen LogP contribution in [-0.4, -0.2) is 23.5 Å². The fourth-order valence-electron chi connectivity index (χ4n) is 1.39. The van der Waals surface area contributed by atoms with Gasteiger partial charge in [0.25, 0.3) is 0 Å². The lowest BCUT2D eigenvalue weighted by Gasteiger charge is -2.17. The van der Waals surface area contributed by atoms with Crippen LogP contribution in [0.5, 0.6) is 0 Å². The standard InChI is InChI=1S/C7H8N2O2S/c10-7(11)6-4-3-12-2-1-5(4)8-9-6/h1-2,4,6,9H,3H2,(H,10,11). The van der Waals surface area contributed by atoms with Gasteiger partial charge in [-0.1, -0.05) is 0 Å². The molecule has 0 saturated carbocycles. The fourth-order valence-corrected chi connectivity index (χ4v) is 2.32. The average Bonchev–Trinajstić information content (AvgIpc) is 2.47. The summed E-state index contributed by atoms with van der Waals surface area (Å²) in [7, 11) is 0. The van der Waals surface area contributed by atoms with Crippen LogP contribution in [0.1, 0.15) is 0 Å². The van der Waals surface area contributed by atoms with E-state index >= 15 is 0 Å². The van der Waals surface area contributed by atoms with E-state index in [2.05, 4.69) is 10.5 Å². The number of allylic oxidation sites excluding steroid dienone is 1. The van der Waals surface area contributed by atoms with Gasteiger partial charge in [0, 0.05) is 11.8 Å². The molecule has 5 heteroatoms. The van der Waals surface area contributed by atoms with Gasteiger partial charge in [-0.3, -0.25) is 0 Å². The monoisotopic (exact) mass is 184 g/mol. The summed E-state index contributed by atoms with van der Waals surface area (Å²) in [6, 6.07) is -0.586. The van der Waals surface area contributed by atoms with Crippen LogP contribution in [0.15, 0.2) is 11.5 Å². The first kappa shape index (κ1) is 7.67. The van der Waals surface area contributed by atoms with Crippen molar-refractivity contribution >= 4 is 23.4 Å². The van der Waals surface area contributed by atoms with Gasteiger partial charge < -0.3 is 9.90 Å². The van der Waals surface area contributed by atoms with Crippen LogP contribution in [0.25, 0.3) is 0 Å². The Labute approximate surface area is 73.7 Å². The number of carbonyl (C=O) groups excluding carboxylic acids is 1. The summed E-state index contributed by atoms with van der Waals surface area (Å²) < 4.78 is 0. The predicted molar refractivity (Wildman–Crippen MR) is 43.0 cm³/mol. The van der Waals surface area contributed by atoms with Gasteiger partial charge in [-0.15, -0.1) is 16.9 Å². The van der Waals surface area contributed by atoms with Gasteiger partial charge in [0.15, 0.2) is 0 Å². The molecule has 0 aromatic heterocycles. The summed E-state index contributed by atoms with van der Waals surface area (Å²) in [5.74, 6) is -0.215. The van der Waals surface area contributed by atoms with Crippen molar-refractivity contribution in [2.45, 2.75) is 6.04 Å². The quantitative estimate of drug-likeness (QED) is 0.456. The summed E-state index contributed by atoms with van der Waals surface area (Å²) in [5.41, 5.74) is 3.63. The van der Waals surface area contributed by atoms with E-state index < -0.39 is 12.0 Å². The van der Waals surface area contributed by atoms with Crippen LogP contribution >= 0.6 is 11.8 Å². The van der Waals surface area contributed by atoms with E-state index in [1.807, 2.05) is 11.5 Å². The van der Waals surface area contributed by atoms with E-state index in [-0.39, 0.29) is 5.92 Å². The van der Waals surface area contributed by atoms with Gasteiger partial charge >= 0.3 is 0 Å². The molecule has 2 unspecified atom stereocenters. The molecule has 64 valence electrons. The Morgan fingerprint density at radius 2 is 2.67 bits per heavy atom. The molecule has 2 rings (SSSR count). The van der Waals surface area contributed by atoms with E-state index in [0.717, 1.165) is 11.5 Å². The van der Waals surface area contributed by atoms with Crippen molar-refractivity contribution in [1.82, 2.24) is 5.43 Å². The summed E-state index contributed by atoms with van der Waals surface area (Å²) in [5, 5.41) is 15.4. The van der Waals surface area contributed by atoms with Gasteiger partial charge in [0.2, 0.25) is 5.71 Å². The Bertz CT molecular complexity index is 275. The Morgan fingerprint density at radius 3 is 3.42 bits per heavy atom. The van der Waals surface area contributed by atoms with Crippen molar-refractivity contribution in [3.05, 3.63) is 11.5 Å². The van der Waals surface area contributed by atoms with E-state index in [1.54, 1.807) is 11.8 Å². The number of hydrogen-bond donors (Lipinski definition) is 2. The SMILES string of the molecule is O=C([O-])C1N[NH+]=C2C=CSCC21. The fraction of sp³-hybridized carbons (Fsp3) is 0.429. The van der Waals surface area contributed by atoms with Crippen molar-refractivity contribution in [1.29, 1.82) is 0 Å². The van der Waals surface area contributed by atoms with Crippen molar-refractivity contribution in [3.63, 3.8) is 0 Å². The minimum atomic E-state index is -1.04. The van der Waals surface area contributed by atoms with E-state index in [0.29, 0.717) is 0 Å². The zero-order chi connectivity index (χ0) is 8.55. The lowest BCUT2D eigenvalue weighted by molar-refractivity contribution is -0.521. The second-order valence-corrected chi connectivity index (χ2v) is 3.70. The molecule has 0 aromatic rings. The highest BCUT2D eigenvalue weighted by Crippen LogP contribution is 2.20. The molecule has 0 spiro atoms. The topological polar surface area (TPSA) is 66.1 Å². The zero-order valence-corrected chi connectivity index (χ0v) is 7.06. The molecule has 2 aliphatic heterocycles. The van der Waals surface area contributed by atoms with Crippen LogP contribution in [0.4, 0.5) is 0 Å². The minimum Gasteiger partial charge on any atom is -0.548 e. The molecule has 2 aliphatic rings. The Hall–Kier alpha value is -0.970. The first-order valence-corrected chi connectivity index (χ1v) is 4.71. The average molecular weight is 184 g/mol. The number of thioether (sulfide) groups is 1. The van der Waals surface area contributed by atoms with Gasteiger partial charge in [-0.25, -0.2) is 0 Å². The molecule has 0 aromatic carbocycles. The molecular formula is C7H8N2O2S. The third-order valence-corrected chi connectivity index (χ3v) is 2.93. The molecule has 4 nitrogen and oxygen atoms in total. The van der Waals surface area contributed by atoms with Crippen LogP contribution in [0.3, 0.4) is 0 Å². The first-order chi connectivity index (χ1) is 5.79. The second-order valence-electron chi connectivity index (χ2n) is 2.76. The highest BCUT2D eigenvalue weighted by Gasteiger charge is 2.37. The summed E-state index contributed by atoms with van der Waals surface area (Å²) in [6.45, 7) is 0. The lowest BCUT2D eigenvalue weighted by atomic mass is 9.98. The molecule has 0 aliphatic carbocycles. The zero-order valence-electron chi connectivity index (χ0n) is 6.24.